The zero-order valence-electron chi connectivity index (χ0n) is 11.0. The lowest BCUT2D eigenvalue weighted by atomic mass is 10.1. The molecule has 0 aliphatic heterocycles. The first kappa shape index (κ1) is 15.6. The van der Waals surface area contributed by atoms with E-state index >= 15 is 0 Å². The molecule has 2 aromatic carbocycles. The van der Waals surface area contributed by atoms with Crippen molar-refractivity contribution >= 4 is 29.2 Å². The molecular weight excluding hydrogens is 318 g/mol. The van der Waals surface area contributed by atoms with Gasteiger partial charge in [0.25, 0.3) is 0 Å². The van der Waals surface area contributed by atoms with Gasteiger partial charge in [0.05, 0.1) is 17.7 Å². The number of hydrogen-bond donors (Lipinski definition) is 0. The molecule has 0 N–H and O–H groups in total. The van der Waals surface area contributed by atoms with Gasteiger partial charge >= 0.3 is 5.97 Å². The van der Waals surface area contributed by atoms with Crippen molar-refractivity contribution < 1.29 is 18.7 Å². The minimum Gasteiger partial charge on any atom is -0.487 e. The fraction of sp³-hybridized carbons (Fsp3) is 0.133. The van der Waals surface area contributed by atoms with Crippen molar-refractivity contribution in [3.8, 4) is 5.75 Å². The first-order valence-corrected chi connectivity index (χ1v) is 6.71. The SMILES string of the molecule is COC(=O)c1ccc(COc2cc(Cl)ccc2Cl)cc1F. The van der Waals surface area contributed by atoms with Crippen LogP contribution in [0.1, 0.15) is 15.9 Å². The zero-order chi connectivity index (χ0) is 15.4. The summed E-state index contributed by atoms with van der Waals surface area (Å²) in [6.07, 6.45) is 0. The summed E-state index contributed by atoms with van der Waals surface area (Å²) in [5.41, 5.74) is 0.429. The van der Waals surface area contributed by atoms with Gasteiger partial charge in [0.2, 0.25) is 0 Å². The maximum Gasteiger partial charge on any atom is 0.340 e. The first-order valence-electron chi connectivity index (χ1n) is 5.96. The van der Waals surface area contributed by atoms with Crippen molar-refractivity contribution in [3.05, 3.63) is 63.4 Å². The van der Waals surface area contributed by atoms with Crippen LogP contribution in [0.4, 0.5) is 4.39 Å². The van der Waals surface area contributed by atoms with E-state index in [2.05, 4.69) is 4.74 Å². The highest BCUT2D eigenvalue weighted by Crippen LogP contribution is 2.28. The van der Waals surface area contributed by atoms with E-state index in [9.17, 15) is 9.18 Å². The molecule has 0 unspecified atom stereocenters. The van der Waals surface area contributed by atoms with Crippen LogP contribution in [-0.4, -0.2) is 13.1 Å². The minimum absolute atomic E-state index is 0.0957. The summed E-state index contributed by atoms with van der Waals surface area (Å²) in [5.74, 6) is -0.986. The Kier molecular flexibility index (Phi) is 5.04. The van der Waals surface area contributed by atoms with Gasteiger partial charge in [0.1, 0.15) is 18.2 Å². The maximum atomic E-state index is 13.8. The quantitative estimate of drug-likeness (QED) is 0.775. The van der Waals surface area contributed by atoms with Gasteiger partial charge in [0, 0.05) is 11.1 Å². The molecule has 0 bridgehead atoms. The Labute approximate surface area is 131 Å². The first-order chi connectivity index (χ1) is 10.0. The highest BCUT2D eigenvalue weighted by molar-refractivity contribution is 6.34. The summed E-state index contributed by atoms with van der Waals surface area (Å²) in [7, 11) is 1.19. The molecule has 21 heavy (non-hydrogen) atoms. The van der Waals surface area contributed by atoms with Gasteiger partial charge in [-0.25, -0.2) is 9.18 Å². The van der Waals surface area contributed by atoms with Crippen LogP contribution in [0.2, 0.25) is 10.0 Å². The Morgan fingerprint density at radius 2 is 1.95 bits per heavy atom. The smallest absolute Gasteiger partial charge is 0.340 e. The van der Waals surface area contributed by atoms with Crippen LogP contribution in [0.3, 0.4) is 0 Å². The Morgan fingerprint density at radius 1 is 1.19 bits per heavy atom. The van der Waals surface area contributed by atoms with Gasteiger partial charge in [-0.1, -0.05) is 29.3 Å². The van der Waals surface area contributed by atoms with Crippen molar-refractivity contribution in [1.82, 2.24) is 0 Å². The van der Waals surface area contributed by atoms with Crippen LogP contribution >= 0.6 is 23.2 Å². The normalized spacial score (nSPS) is 10.3. The Bertz CT molecular complexity index is 674. The van der Waals surface area contributed by atoms with Crippen LogP contribution in [-0.2, 0) is 11.3 Å². The van der Waals surface area contributed by atoms with E-state index < -0.39 is 11.8 Å². The molecular formula is C15H11Cl2FO3. The van der Waals surface area contributed by atoms with Crippen molar-refractivity contribution in [3.63, 3.8) is 0 Å². The van der Waals surface area contributed by atoms with Crippen molar-refractivity contribution in [2.75, 3.05) is 7.11 Å². The third-order valence-corrected chi connectivity index (χ3v) is 3.27. The number of esters is 1. The molecule has 0 fully saturated rings. The topological polar surface area (TPSA) is 35.5 Å². The Balaban J connectivity index is 2.12. The largest absolute Gasteiger partial charge is 0.487 e. The summed E-state index contributed by atoms with van der Waals surface area (Å²) < 4.78 is 23.7. The second-order valence-electron chi connectivity index (χ2n) is 4.17. The minimum atomic E-state index is -0.724. The molecule has 0 saturated heterocycles. The van der Waals surface area contributed by atoms with Crippen molar-refractivity contribution in [1.29, 1.82) is 0 Å². The average Bonchev–Trinajstić information content (AvgIpc) is 2.47. The summed E-state index contributed by atoms with van der Waals surface area (Å²) in [6, 6.07) is 8.96. The number of hydrogen-bond acceptors (Lipinski definition) is 3. The summed E-state index contributed by atoms with van der Waals surface area (Å²) in [6.45, 7) is 0.0957. The predicted molar refractivity (Wildman–Crippen MR) is 78.5 cm³/mol. The van der Waals surface area contributed by atoms with Crippen LogP contribution < -0.4 is 4.74 Å². The van der Waals surface area contributed by atoms with Gasteiger partial charge in [-0.2, -0.15) is 0 Å². The summed E-state index contributed by atoms with van der Waals surface area (Å²) in [5, 5.41) is 0.896. The van der Waals surface area contributed by atoms with E-state index in [1.54, 1.807) is 24.3 Å². The highest BCUT2D eigenvalue weighted by Gasteiger charge is 2.12. The van der Waals surface area contributed by atoms with Gasteiger partial charge in [-0.05, 0) is 29.8 Å². The Hall–Kier alpha value is -1.78. The second kappa shape index (κ2) is 6.78. The molecule has 0 aliphatic carbocycles. The molecule has 6 heteroatoms. The van der Waals surface area contributed by atoms with Crippen molar-refractivity contribution in [2.45, 2.75) is 6.61 Å². The molecule has 110 valence electrons. The van der Waals surface area contributed by atoms with E-state index in [-0.39, 0.29) is 12.2 Å². The lowest BCUT2D eigenvalue weighted by Gasteiger charge is -2.09. The highest BCUT2D eigenvalue weighted by atomic mass is 35.5. The average molecular weight is 329 g/mol. The van der Waals surface area contributed by atoms with Gasteiger partial charge in [0.15, 0.2) is 0 Å². The third-order valence-electron chi connectivity index (χ3n) is 2.73. The molecule has 2 aromatic rings. The number of rotatable bonds is 4. The van der Waals surface area contributed by atoms with Crippen LogP contribution in [0.25, 0.3) is 0 Å². The fourth-order valence-corrected chi connectivity index (χ4v) is 2.01. The molecule has 0 saturated carbocycles. The third kappa shape index (κ3) is 3.86. The second-order valence-corrected chi connectivity index (χ2v) is 5.01. The molecule has 3 nitrogen and oxygen atoms in total. The van der Waals surface area contributed by atoms with E-state index in [4.69, 9.17) is 27.9 Å². The fourth-order valence-electron chi connectivity index (χ4n) is 1.67. The van der Waals surface area contributed by atoms with Crippen LogP contribution in [0.15, 0.2) is 36.4 Å². The van der Waals surface area contributed by atoms with Gasteiger partial charge in [-0.15, -0.1) is 0 Å². The van der Waals surface area contributed by atoms with E-state index in [1.165, 1.54) is 19.2 Å². The van der Waals surface area contributed by atoms with E-state index in [1.807, 2.05) is 0 Å². The van der Waals surface area contributed by atoms with Crippen LogP contribution in [0.5, 0.6) is 5.75 Å². The molecule has 0 radical (unpaired) electrons. The predicted octanol–water partition coefficient (Wildman–Crippen LogP) is 4.50. The van der Waals surface area contributed by atoms with Gasteiger partial charge < -0.3 is 9.47 Å². The molecule has 0 aromatic heterocycles. The molecule has 0 spiro atoms. The molecule has 0 amide bonds. The summed E-state index contributed by atoms with van der Waals surface area (Å²) >= 11 is 11.8. The zero-order valence-corrected chi connectivity index (χ0v) is 12.5. The number of halogens is 3. The molecule has 2 rings (SSSR count). The lowest BCUT2D eigenvalue weighted by molar-refractivity contribution is 0.0595. The lowest BCUT2D eigenvalue weighted by Crippen LogP contribution is -2.05. The number of carbonyl (C=O) groups is 1. The maximum absolute atomic E-state index is 13.8. The summed E-state index contributed by atoms with van der Waals surface area (Å²) in [4.78, 5) is 11.3. The number of methoxy groups -OCH3 is 1. The van der Waals surface area contributed by atoms with Crippen molar-refractivity contribution in [2.24, 2.45) is 0 Å². The number of ether oxygens (including phenoxy) is 2. The van der Waals surface area contributed by atoms with E-state index in [0.29, 0.717) is 21.4 Å². The standard InChI is InChI=1S/C15H11Cl2FO3/c1-20-15(19)11-4-2-9(6-13(11)18)8-21-14-7-10(16)3-5-12(14)17/h2-7H,8H2,1H3. The van der Waals surface area contributed by atoms with E-state index in [0.717, 1.165) is 0 Å². The molecule has 0 aliphatic rings. The van der Waals surface area contributed by atoms with Crippen LogP contribution in [0, 0.1) is 5.82 Å². The Morgan fingerprint density at radius 3 is 2.62 bits per heavy atom. The number of benzene rings is 2. The van der Waals surface area contributed by atoms with Gasteiger partial charge in [-0.3, -0.25) is 0 Å². The number of carbonyl (C=O) groups excluding carboxylic acids is 1. The molecule has 0 atom stereocenters. The monoisotopic (exact) mass is 328 g/mol. The molecule has 0 heterocycles.